The summed E-state index contributed by atoms with van der Waals surface area (Å²) in [5.74, 6) is -0.633. The third-order valence-electron chi connectivity index (χ3n) is 2.34. The Kier molecular flexibility index (Phi) is 2.18. The van der Waals surface area contributed by atoms with E-state index in [1.54, 1.807) is 0 Å². The predicted octanol–water partition coefficient (Wildman–Crippen LogP) is 1.55. The minimum absolute atomic E-state index is 0.497. The first-order valence-corrected chi connectivity index (χ1v) is 4.44. The molecular weight excluding hydrogens is 194 g/mol. The number of hydrogen-bond donors (Lipinski definition) is 0. The van der Waals surface area contributed by atoms with Crippen LogP contribution in [0.25, 0.3) is 4.85 Å². The lowest BCUT2D eigenvalue weighted by molar-refractivity contribution is -0.145. The quantitative estimate of drug-likeness (QED) is 0.416. The van der Waals surface area contributed by atoms with Crippen LogP contribution >= 0.6 is 0 Å². The summed E-state index contributed by atoms with van der Waals surface area (Å²) in [6.07, 6.45) is -0.497. The summed E-state index contributed by atoms with van der Waals surface area (Å²) in [7, 11) is 1.25. The number of nitrogens with zero attached hydrogens (tertiary/aromatic N) is 1. The molecule has 1 aliphatic heterocycles. The molecule has 1 aromatic carbocycles. The van der Waals surface area contributed by atoms with Crippen molar-refractivity contribution >= 4 is 5.97 Å². The number of carbonyl (C=O) groups is 1. The molecule has 1 aromatic rings. The molecule has 0 N–H and O–H groups in total. The van der Waals surface area contributed by atoms with Crippen LogP contribution < -0.4 is 0 Å². The fourth-order valence-electron chi connectivity index (χ4n) is 1.50. The van der Waals surface area contributed by atoms with E-state index < -0.39 is 17.8 Å². The Bertz CT molecular complexity index is 423. The molecule has 0 aromatic heterocycles. The van der Waals surface area contributed by atoms with Gasteiger partial charge in [-0.1, -0.05) is 30.3 Å². The molecule has 1 heterocycles. The van der Waals surface area contributed by atoms with Crippen LogP contribution in [0.5, 0.6) is 0 Å². The van der Waals surface area contributed by atoms with Crippen LogP contribution in [0.15, 0.2) is 30.3 Å². The Morgan fingerprint density at radius 2 is 2.20 bits per heavy atom. The normalized spacial score (nSPS) is 27.9. The molecule has 2 rings (SSSR count). The number of benzene rings is 1. The first kappa shape index (κ1) is 9.69. The third kappa shape index (κ3) is 1.37. The van der Waals surface area contributed by atoms with Gasteiger partial charge in [0.2, 0.25) is 6.10 Å². The fraction of sp³-hybridized carbons (Fsp3) is 0.273. The van der Waals surface area contributed by atoms with Crippen molar-refractivity contribution in [2.24, 2.45) is 0 Å². The lowest BCUT2D eigenvalue weighted by Crippen LogP contribution is -2.22. The SMILES string of the molecule is [C-]#[N+]C1(C(=O)OC)OC1c1ccccc1. The fourth-order valence-corrected chi connectivity index (χ4v) is 1.50. The van der Waals surface area contributed by atoms with Crippen molar-refractivity contribution in [3.8, 4) is 0 Å². The molecule has 15 heavy (non-hydrogen) atoms. The van der Waals surface area contributed by atoms with E-state index in [1.165, 1.54) is 7.11 Å². The zero-order valence-corrected chi connectivity index (χ0v) is 8.14. The first-order valence-electron chi connectivity index (χ1n) is 4.44. The zero-order chi connectivity index (χ0) is 10.9. The molecule has 0 saturated carbocycles. The van der Waals surface area contributed by atoms with Crippen molar-refractivity contribution in [3.05, 3.63) is 47.3 Å². The largest absolute Gasteiger partial charge is 0.466 e. The van der Waals surface area contributed by atoms with Crippen LogP contribution in [-0.2, 0) is 14.3 Å². The van der Waals surface area contributed by atoms with Crippen LogP contribution in [0.2, 0.25) is 0 Å². The Morgan fingerprint density at radius 3 is 2.73 bits per heavy atom. The second-order valence-corrected chi connectivity index (χ2v) is 3.21. The van der Waals surface area contributed by atoms with Crippen molar-refractivity contribution in [1.82, 2.24) is 0 Å². The molecule has 0 bridgehead atoms. The Hall–Kier alpha value is -1.86. The van der Waals surface area contributed by atoms with Crippen molar-refractivity contribution in [3.63, 3.8) is 0 Å². The van der Waals surface area contributed by atoms with E-state index in [9.17, 15) is 4.79 Å². The second kappa shape index (κ2) is 3.37. The van der Waals surface area contributed by atoms with Gasteiger partial charge < -0.3 is 4.74 Å². The Labute approximate surface area is 87.2 Å². The van der Waals surface area contributed by atoms with E-state index in [4.69, 9.17) is 11.3 Å². The highest BCUT2D eigenvalue weighted by Crippen LogP contribution is 2.51. The molecule has 1 aliphatic rings. The lowest BCUT2D eigenvalue weighted by atomic mass is 10.1. The highest BCUT2D eigenvalue weighted by molar-refractivity contribution is 5.85. The van der Waals surface area contributed by atoms with Gasteiger partial charge in [-0.3, -0.25) is 9.58 Å². The van der Waals surface area contributed by atoms with Gasteiger partial charge in [0, 0.05) is 0 Å². The van der Waals surface area contributed by atoms with Gasteiger partial charge in [-0.2, -0.15) is 0 Å². The van der Waals surface area contributed by atoms with Gasteiger partial charge in [-0.15, -0.1) is 0 Å². The minimum atomic E-state index is -1.45. The number of ether oxygens (including phenoxy) is 2. The maximum atomic E-state index is 11.3. The topological polar surface area (TPSA) is 43.2 Å². The molecule has 4 nitrogen and oxygen atoms in total. The minimum Gasteiger partial charge on any atom is -0.461 e. The molecule has 4 heteroatoms. The van der Waals surface area contributed by atoms with Crippen molar-refractivity contribution in [2.45, 2.75) is 11.8 Å². The zero-order valence-electron chi connectivity index (χ0n) is 8.14. The maximum absolute atomic E-state index is 11.3. The van der Waals surface area contributed by atoms with E-state index in [0.29, 0.717) is 0 Å². The van der Waals surface area contributed by atoms with E-state index in [-0.39, 0.29) is 0 Å². The Balaban J connectivity index is 2.25. The number of carbonyl (C=O) groups excluding carboxylic acids is 1. The van der Waals surface area contributed by atoms with E-state index in [2.05, 4.69) is 9.58 Å². The van der Waals surface area contributed by atoms with Crippen LogP contribution in [0.1, 0.15) is 11.7 Å². The third-order valence-corrected chi connectivity index (χ3v) is 2.34. The van der Waals surface area contributed by atoms with Crippen LogP contribution in [-0.4, -0.2) is 18.8 Å². The average Bonchev–Trinajstić information content (AvgIpc) is 3.05. The standard InChI is InChI=1S/C11H9NO3/c1-12-11(10(13)14-2)9(15-11)8-6-4-3-5-7-8/h3-7,9H,2H3. The number of rotatable bonds is 2. The Morgan fingerprint density at radius 1 is 1.53 bits per heavy atom. The summed E-state index contributed by atoms with van der Waals surface area (Å²) in [5, 5.41) is 0. The summed E-state index contributed by atoms with van der Waals surface area (Å²) in [6.45, 7) is 6.98. The van der Waals surface area contributed by atoms with Crippen molar-refractivity contribution < 1.29 is 14.3 Å². The highest BCUT2D eigenvalue weighted by atomic mass is 16.7. The van der Waals surface area contributed by atoms with Gasteiger partial charge in [0.05, 0.1) is 7.11 Å². The molecule has 1 saturated heterocycles. The monoisotopic (exact) mass is 203 g/mol. The summed E-state index contributed by atoms with van der Waals surface area (Å²) in [6, 6.07) is 9.18. The maximum Gasteiger partial charge on any atom is 0.466 e. The van der Waals surface area contributed by atoms with Gasteiger partial charge >= 0.3 is 11.7 Å². The smallest absolute Gasteiger partial charge is 0.461 e. The predicted molar refractivity (Wildman–Crippen MR) is 51.6 cm³/mol. The van der Waals surface area contributed by atoms with E-state index >= 15 is 0 Å². The molecule has 76 valence electrons. The molecule has 0 spiro atoms. The second-order valence-electron chi connectivity index (χ2n) is 3.21. The van der Waals surface area contributed by atoms with Gasteiger partial charge in [0.25, 0.3) is 0 Å². The van der Waals surface area contributed by atoms with Crippen LogP contribution in [0, 0.1) is 6.57 Å². The molecular formula is C11H9NO3. The number of epoxide rings is 1. The van der Waals surface area contributed by atoms with Crippen molar-refractivity contribution in [2.75, 3.05) is 7.11 Å². The van der Waals surface area contributed by atoms with Crippen LogP contribution in [0.3, 0.4) is 0 Å². The summed E-state index contributed by atoms with van der Waals surface area (Å²) in [4.78, 5) is 14.6. The average molecular weight is 203 g/mol. The number of hydrogen-bond acceptors (Lipinski definition) is 3. The van der Waals surface area contributed by atoms with Crippen LogP contribution in [0.4, 0.5) is 0 Å². The summed E-state index contributed by atoms with van der Waals surface area (Å²) >= 11 is 0. The first-order chi connectivity index (χ1) is 7.24. The molecule has 2 unspecified atom stereocenters. The molecule has 1 fully saturated rings. The highest BCUT2D eigenvalue weighted by Gasteiger charge is 2.73. The van der Waals surface area contributed by atoms with Crippen molar-refractivity contribution in [1.29, 1.82) is 0 Å². The van der Waals surface area contributed by atoms with Gasteiger partial charge in [-0.25, -0.2) is 11.4 Å². The van der Waals surface area contributed by atoms with Gasteiger partial charge in [-0.05, 0) is 5.56 Å². The summed E-state index contributed by atoms with van der Waals surface area (Å²) in [5.41, 5.74) is -0.630. The number of methoxy groups -OCH3 is 1. The van der Waals surface area contributed by atoms with E-state index in [1.807, 2.05) is 30.3 Å². The molecule has 0 amide bonds. The van der Waals surface area contributed by atoms with Gasteiger partial charge in [0.15, 0.2) is 0 Å². The summed E-state index contributed by atoms with van der Waals surface area (Å²) < 4.78 is 9.71. The lowest BCUT2D eigenvalue weighted by Gasteiger charge is -1.97. The molecule has 0 aliphatic carbocycles. The molecule has 2 atom stereocenters. The number of esters is 1. The van der Waals surface area contributed by atoms with E-state index in [0.717, 1.165) is 5.56 Å². The van der Waals surface area contributed by atoms with Gasteiger partial charge in [0.1, 0.15) is 0 Å². The molecule has 0 radical (unpaired) electrons.